The van der Waals surface area contributed by atoms with Gasteiger partial charge in [0.25, 0.3) is 0 Å². The third-order valence-electron chi connectivity index (χ3n) is 4.66. The molecule has 7 heteroatoms. The Kier molecular flexibility index (Phi) is 6.05. The number of carbonyl (C=O) groups is 2. The highest BCUT2D eigenvalue weighted by atomic mass is 35.5. The molecule has 6 nitrogen and oxygen atoms in total. The second-order valence-corrected chi connectivity index (χ2v) is 7.45. The predicted octanol–water partition coefficient (Wildman–Crippen LogP) is 5.22. The fraction of sp³-hybridized carbons (Fsp3) is 0.0800. The lowest BCUT2D eigenvalue weighted by molar-refractivity contribution is -0.129. The predicted molar refractivity (Wildman–Crippen MR) is 121 cm³/mol. The molecule has 0 saturated heterocycles. The molecule has 0 spiro atoms. The van der Waals surface area contributed by atoms with Crippen LogP contribution in [-0.2, 0) is 9.53 Å². The van der Waals surface area contributed by atoms with E-state index in [9.17, 15) is 9.59 Å². The largest absolute Gasteiger partial charge is 0.493 e. The highest BCUT2D eigenvalue weighted by Gasteiger charge is 2.24. The number of halogens is 1. The van der Waals surface area contributed by atoms with E-state index in [1.807, 2.05) is 13.0 Å². The third-order valence-corrected chi connectivity index (χ3v) is 4.91. The first-order chi connectivity index (χ1) is 15.4. The molecule has 0 aromatic heterocycles. The maximum Gasteiger partial charge on any atom is 0.363 e. The Labute approximate surface area is 189 Å². The molecule has 3 aromatic rings. The van der Waals surface area contributed by atoms with Gasteiger partial charge in [-0.25, -0.2) is 14.6 Å². The van der Waals surface area contributed by atoms with Crippen LogP contribution in [0.3, 0.4) is 0 Å². The Hall–Kier alpha value is -3.90. The van der Waals surface area contributed by atoms with Crippen LogP contribution >= 0.6 is 11.6 Å². The molecular weight excluding hydrogens is 430 g/mol. The van der Waals surface area contributed by atoms with Crippen molar-refractivity contribution in [1.82, 2.24) is 0 Å². The lowest BCUT2D eigenvalue weighted by atomic mass is 10.1. The SMILES string of the molecule is COc1cc(/C=C2\N=C(c3ccc(Cl)cc3)OC2=O)ccc1OC(=O)c1cccc(C)c1. The minimum Gasteiger partial charge on any atom is -0.493 e. The molecule has 1 heterocycles. The van der Waals surface area contributed by atoms with Crippen molar-refractivity contribution >= 4 is 35.5 Å². The number of methoxy groups -OCH3 is 1. The lowest BCUT2D eigenvalue weighted by Gasteiger charge is -2.10. The van der Waals surface area contributed by atoms with Crippen molar-refractivity contribution in [3.8, 4) is 11.5 Å². The summed E-state index contributed by atoms with van der Waals surface area (Å²) in [5, 5.41) is 0.574. The Morgan fingerprint density at radius 2 is 1.81 bits per heavy atom. The van der Waals surface area contributed by atoms with Gasteiger partial charge >= 0.3 is 11.9 Å². The van der Waals surface area contributed by atoms with Crippen molar-refractivity contribution in [3.05, 3.63) is 99.7 Å². The lowest BCUT2D eigenvalue weighted by Crippen LogP contribution is -2.09. The molecule has 0 atom stereocenters. The van der Waals surface area contributed by atoms with Gasteiger partial charge in [-0.15, -0.1) is 0 Å². The van der Waals surface area contributed by atoms with Crippen LogP contribution in [0.2, 0.25) is 5.02 Å². The second-order valence-electron chi connectivity index (χ2n) is 7.01. The number of ether oxygens (including phenoxy) is 3. The number of esters is 2. The molecule has 160 valence electrons. The summed E-state index contributed by atoms with van der Waals surface area (Å²) in [6.07, 6.45) is 1.57. The summed E-state index contributed by atoms with van der Waals surface area (Å²) in [6.45, 7) is 1.90. The van der Waals surface area contributed by atoms with Gasteiger partial charge in [-0.1, -0.05) is 35.4 Å². The standard InChI is InChI=1S/C25H18ClNO5/c1-15-4-3-5-18(12-15)24(28)31-21-11-6-16(14-22(21)30-2)13-20-25(29)32-23(27-20)17-7-9-19(26)10-8-17/h3-14H,1-2H3/b20-13-. The third kappa shape index (κ3) is 4.71. The summed E-state index contributed by atoms with van der Waals surface area (Å²) in [6, 6.07) is 18.9. The van der Waals surface area contributed by atoms with Gasteiger partial charge in [-0.05, 0) is 67.1 Å². The maximum absolute atomic E-state index is 12.5. The van der Waals surface area contributed by atoms with Crippen molar-refractivity contribution in [1.29, 1.82) is 0 Å². The van der Waals surface area contributed by atoms with Crippen molar-refractivity contribution in [2.24, 2.45) is 4.99 Å². The summed E-state index contributed by atoms with van der Waals surface area (Å²) >= 11 is 5.90. The van der Waals surface area contributed by atoms with E-state index in [0.29, 0.717) is 27.5 Å². The van der Waals surface area contributed by atoms with E-state index >= 15 is 0 Å². The van der Waals surface area contributed by atoms with E-state index in [0.717, 1.165) is 5.56 Å². The van der Waals surface area contributed by atoms with E-state index in [-0.39, 0.29) is 17.3 Å². The van der Waals surface area contributed by atoms with E-state index in [1.54, 1.807) is 66.7 Å². The summed E-state index contributed by atoms with van der Waals surface area (Å²) in [7, 11) is 1.47. The minimum atomic E-state index is -0.566. The zero-order valence-corrected chi connectivity index (χ0v) is 18.1. The van der Waals surface area contributed by atoms with Crippen molar-refractivity contribution in [2.45, 2.75) is 6.92 Å². The van der Waals surface area contributed by atoms with Gasteiger partial charge < -0.3 is 14.2 Å². The van der Waals surface area contributed by atoms with Gasteiger partial charge in [0.15, 0.2) is 17.2 Å². The van der Waals surface area contributed by atoms with Crippen LogP contribution in [-0.4, -0.2) is 24.9 Å². The second kappa shape index (κ2) is 9.08. The Bertz CT molecular complexity index is 1260. The molecule has 1 aliphatic rings. The molecule has 0 bridgehead atoms. The Morgan fingerprint density at radius 3 is 2.53 bits per heavy atom. The van der Waals surface area contributed by atoms with E-state index in [2.05, 4.69) is 4.99 Å². The fourth-order valence-corrected chi connectivity index (χ4v) is 3.20. The van der Waals surface area contributed by atoms with Crippen LogP contribution in [0.4, 0.5) is 0 Å². The molecule has 0 N–H and O–H groups in total. The number of carbonyl (C=O) groups excluding carboxylic acids is 2. The van der Waals surface area contributed by atoms with Crippen molar-refractivity contribution in [2.75, 3.05) is 7.11 Å². The summed E-state index contributed by atoms with van der Waals surface area (Å²) in [5.41, 5.74) is 2.81. The van der Waals surface area contributed by atoms with E-state index < -0.39 is 11.9 Å². The first-order valence-electron chi connectivity index (χ1n) is 9.68. The molecule has 0 aliphatic carbocycles. The van der Waals surface area contributed by atoms with E-state index in [4.69, 9.17) is 25.8 Å². The number of benzene rings is 3. The number of hydrogen-bond acceptors (Lipinski definition) is 6. The highest BCUT2D eigenvalue weighted by molar-refractivity contribution is 6.30. The average molecular weight is 448 g/mol. The molecule has 4 rings (SSSR count). The van der Waals surface area contributed by atoms with Crippen molar-refractivity contribution in [3.63, 3.8) is 0 Å². The van der Waals surface area contributed by atoms with Crippen LogP contribution in [0.5, 0.6) is 11.5 Å². The quantitative estimate of drug-likeness (QED) is 0.304. The molecule has 32 heavy (non-hydrogen) atoms. The summed E-state index contributed by atoms with van der Waals surface area (Å²) in [5.74, 6) is -0.249. The zero-order valence-electron chi connectivity index (χ0n) is 17.3. The van der Waals surface area contributed by atoms with Gasteiger partial charge in [0, 0.05) is 10.6 Å². The average Bonchev–Trinajstić information content (AvgIpc) is 3.15. The van der Waals surface area contributed by atoms with Crippen LogP contribution in [0, 0.1) is 6.92 Å². The van der Waals surface area contributed by atoms with E-state index in [1.165, 1.54) is 7.11 Å². The molecule has 3 aromatic carbocycles. The van der Waals surface area contributed by atoms with Crippen LogP contribution in [0.1, 0.15) is 27.0 Å². The maximum atomic E-state index is 12.5. The number of nitrogens with zero attached hydrogens (tertiary/aromatic N) is 1. The number of aryl methyl sites for hydroxylation is 1. The minimum absolute atomic E-state index is 0.140. The molecule has 0 fully saturated rings. The number of hydrogen-bond donors (Lipinski definition) is 0. The fourth-order valence-electron chi connectivity index (χ4n) is 3.07. The number of cyclic esters (lactones) is 1. The van der Waals surface area contributed by atoms with Crippen molar-refractivity contribution < 1.29 is 23.8 Å². The molecule has 1 aliphatic heterocycles. The molecule has 0 unspecified atom stereocenters. The zero-order chi connectivity index (χ0) is 22.7. The van der Waals surface area contributed by atoms with Crippen LogP contribution in [0.25, 0.3) is 6.08 Å². The summed E-state index contributed by atoms with van der Waals surface area (Å²) < 4.78 is 16.1. The van der Waals surface area contributed by atoms with Gasteiger partial charge in [0.05, 0.1) is 12.7 Å². The van der Waals surface area contributed by atoms with Gasteiger partial charge in [-0.3, -0.25) is 0 Å². The number of rotatable bonds is 5. The highest BCUT2D eigenvalue weighted by Crippen LogP contribution is 2.30. The first kappa shape index (κ1) is 21.3. The van der Waals surface area contributed by atoms with Crippen LogP contribution in [0.15, 0.2) is 77.4 Å². The normalized spacial score (nSPS) is 14.2. The Balaban J connectivity index is 1.57. The van der Waals surface area contributed by atoms with Gasteiger partial charge in [0.2, 0.25) is 5.90 Å². The van der Waals surface area contributed by atoms with Crippen LogP contribution < -0.4 is 9.47 Å². The number of aliphatic imine (C=N–C) groups is 1. The smallest absolute Gasteiger partial charge is 0.363 e. The molecule has 0 saturated carbocycles. The molecule has 0 amide bonds. The van der Waals surface area contributed by atoms with Gasteiger partial charge in [-0.2, -0.15) is 0 Å². The van der Waals surface area contributed by atoms with Gasteiger partial charge in [0.1, 0.15) is 0 Å². The molecule has 0 radical (unpaired) electrons. The Morgan fingerprint density at radius 1 is 1.03 bits per heavy atom. The topological polar surface area (TPSA) is 74.2 Å². The first-order valence-corrected chi connectivity index (χ1v) is 10.1. The summed E-state index contributed by atoms with van der Waals surface area (Å²) in [4.78, 5) is 29.0. The molecular formula is C25H18ClNO5. The monoisotopic (exact) mass is 447 g/mol.